The molecule has 2 unspecified atom stereocenters. The Bertz CT molecular complexity index is 1820. The number of esters is 2. The lowest BCUT2D eigenvalue weighted by atomic mass is 9.98. The summed E-state index contributed by atoms with van der Waals surface area (Å²) in [5.41, 5.74) is 1.13. The summed E-state index contributed by atoms with van der Waals surface area (Å²) in [5, 5.41) is 3.38. The molecule has 5 rings (SSSR count). The number of hydrogen-bond donors (Lipinski definition) is 0. The first-order valence-electron chi connectivity index (χ1n) is 17.5. The summed E-state index contributed by atoms with van der Waals surface area (Å²) in [6.45, 7) is 6.43. The number of ether oxygens (including phenoxy) is 6. The number of carbonyl (C=O) groups is 2. The van der Waals surface area contributed by atoms with Gasteiger partial charge in [0.2, 0.25) is 0 Å². The van der Waals surface area contributed by atoms with Crippen molar-refractivity contribution in [3.05, 3.63) is 109 Å². The summed E-state index contributed by atoms with van der Waals surface area (Å²) < 4.78 is 36.8. The summed E-state index contributed by atoms with van der Waals surface area (Å²) in [5.74, 6) is 2.08. The van der Waals surface area contributed by atoms with Crippen molar-refractivity contribution in [2.24, 2.45) is 0 Å². The highest BCUT2D eigenvalue weighted by atomic mass is 16.6. The van der Waals surface area contributed by atoms with Gasteiger partial charge in [0.05, 0.1) is 0 Å². The second kappa shape index (κ2) is 18.5. The fraction of sp³-hybridized carbons (Fsp3) is 0.333. The van der Waals surface area contributed by atoms with Gasteiger partial charge in [0.25, 0.3) is 0 Å². The zero-order valence-electron chi connectivity index (χ0n) is 29.1. The molecule has 5 aromatic carbocycles. The zero-order chi connectivity index (χ0) is 35.1. The van der Waals surface area contributed by atoms with Crippen molar-refractivity contribution in [1.29, 1.82) is 0 Å². The molecule has 50 heavy (non-hydrogen) atoms. The number of hydrogen-bond acceptors (Lipinski definition) is 8. The largest absolute Gasteiger partial charge is 0.490 e. The lowest BCUT2D eigenvalue weighted by Crippen LogP contribution is -2.31. The third kappa shape index (κ3) is 9.91. The van der Waals surface area contributed by atoms with Crippen molar-refractivity contribution in [2.45, 2.75) is 65.1 Å². The molecule has 0 saturated carbocycles. The molecule has 0 saturated heterocycles. The first-order valence-corrected chi connectivity index (χ1v) is 17.5. The fourth-order valence-corrected chi connectivity index (χ4v) is 5.57. The van der Waals surface area contributed by atoms with Crippen LogP contribution in [0.5, 0.6) is 23.0 Å². The van der Waals surface area contributed by atoms with E-state index in [4.69, 9.17) is 28.4 Å². The molecular formula is C42H46O8. The van der Waals surface area contributed by atoms with E-state index in [9.17, 15) is 9.59 Å². The van der Waals surface area contributed by atoms with Crippen molar-refractivity contribution in [2.75, 3.05) is 26.4 Å². The molecule has 5 aromatic rings. The van der Waals surface area contributed by atoms with E-state index in [-0.39, 0.29) is 38.4 Å². The van der Waals surface area contributed by atoms with E-state index in [1.807, 2.05) is 105 Å². The molecule has 8 heteroatoms. The Morgan fingerprint density at radius 2 is 0.920 bits per heavy atom. The number of para-hydroxylation sites is 2. The van der Waals surface area contributed by atoms with E-state index in [1.165, 1.54) is 0 Å². The molecule has 0 radical (unpaired) electrons. The Morgan fingerprint density at radius 3 is 1.38 bits per heavy atom. The standard InChI is InChI=1S/C42H46O8/c1-4-15-39(43)49-33(26-45-31-17-9-7-10-18-31)28-47-41-35-21-13-14-22-36(35)42(38-25-30(6-3)23-24-37(38)41)48-29-34(50-40(44)16-5-2)27-46-32-19-11-8-12-20-32/h7-14,17-25,33-34H,4-6,15-16,26-29H2,1-3H3. The minimum atomic E-state index is -0.642. The van der Waals surface area contributed by atoms with Crippen LogP contribution in [0.1, 0.15) is 52.0 Å². The molecule has 0 aliphatic carbocycles. The highest BCUT2D eigenvalue weighted by molar-refractivity contribution is 6.11. The minimum absolute atomic E-state index is 0.0867. The van der Waals surface area contributed by atoms with Crippen LogP contribution in [-0.4, -0.2) is 50.6 Å². The summed E-state index contributed by atoms with van der Waals surface area (Å²) in [6, 6.07) is 33.0. The Kier molecular flexibility index (Phi) is 13.3. The highest BCUT2D eigenvalue weighted by Gasteiger charge is 2.23. The Labute approximate surface area is 294 Å². The van der Waals surface area contributed by atoms with Crippen molar-refractivity contribution in [3.8, 4) is 23.0 Å². The van der Waals surface area contributed by atoms with Crippen LogP contribution >= 0.6 is 0 Å². The van der Waals surface area contributed by atoms with Gasteiger partial charge >= 0.3 is 11.9 Å². The lowest BCUT2D eigenvalue weighted by molar-refractivity contribution is -0.153. The normalized spacial score (nSPS) is 12.2. The van der Waals surface area contributed by atoms with Gasteiger partial charge in [-0.05, 0) is 55.2 Å². The molecule has 0 amide bonds. The van der Waals surface area contributed by atoms with Crippen LogP contribution in [0.3, 0.4) is 0 Å². The Balaban J connectivity index is 1.45. The van der Waals surface area contributed by atoms with Gasteiger partial charge in [-0.3, -0.25) is 9.59 Å². The minimum Gasteiger partial charge on any atom is -0.490 e. The monoisotopic (exact) mass is 678 g/mol. The lowest BCUT2D eigenvalue weighted by Gasteiger charge is -2.23. The molecule has 262 valence electrons. The first-order chi connectivity index (χ1) is 24.5. The second-order valence-corrected chi connectivity index (χ2v) is 12.0. The van der Waals surface area contributed by atoms with E-state index in [1.54, 1.807) is 0 Å². The second-order valence-electron chi connectivity index (χ2n) is 12.0. The van der Waals surface area contributed by atoms with E-state index >= 15 is 0 Å². The van der Waals surface area contributed by atoms with Crippen LogP contribution in [0.4, 0.5) is 0 Å². The number of fused-ring (bicyclic) bond motifs is 2. The van der Waals surface area contributed by atoms with Gasteiger partial charge in [0, 0.05) is 34.4 Å². The zero-order valence-corrected chi connectivity index (χ0v) is 29.1. The summed E-state index contributed by atoms with van der Waals surface area (Å²) in [6.07, 6.45) is 1.52. The van der Waals surface area contributed by atoms with E-state index in [0.717, 1.165) is 33.5 Å². The molecule has 0 bridgehead atoms. The summed E-state index contributed by atoms with van der Waals surface area (Å²) in [4.78, 5) is 25.2. The van der Waals surface area contributed by atoms with Crippen LogP contribution in [0, 0.1) is 0 Å². The maximum absolute atomic E-state index is 12.6. The molecule has 0 heterocycles. The number of rotatable bonds is 19. The van der Waals surface area contributed by atoms with Gasteiger partial charge < -0.3 is 28.4 Å². The average molecular weight is 679 g/mol. The quantitative estimate of drug-likeness (QED) is 0.0632. The van der Waals surface area contributed by atoms with E-state index in [0.29, 0.717) is 48.7 Å². The molecule has 0 aliphatic heterocycles. The number of carbonyl (C=O) groups excluding carboxylic acids is 2. The first kappa shape index (κ1) is 36.1. The third-order valence-electron chi connectivity index (χ3n) is 8.09. The highest BCUT2D eigenvalue weighted by Crippen LogP contribution is 2.43. The molecule has 0 aromatic heterocycles. The van der Waals surface area contributed by atoms with Gasteiger partial charge in [0.1, 0.15) is 49.4 Å². The topological polar surface area (TPSA) is 89.5 Å². The van der Waals surface area contributed by atoms with Crippen molar-refractivity contribution in [3.63, 3.8) is 0 Å². The van der Waals surface area contributed by atoms with Crippen molar-refractivity contribution >= 4 is 33.5 Å². The Morgan fingerprint density at radius 1 is 0.500 bits per heavy atom. The van der Waals surface area contributed by atoms with E-state index in [2.05, 4.69) is 19.1 Å². The maximum Gasteiger partial charge on any atom is 0.306 e. The SMILES string of the molecule is CCCC(=O)OC(COc1ccccc1)COc1c2ccccc2c(OCC(COc2ccccc2)OC(=O)CCC)c2cc(CC)ccc12. The molecular weight excluding hydrogens is 632 g/mol. The van der Waals surface area contributed by atoms with Gasteiger partial charge in [0.15, 0.2) is 12.2 Å². The van der Waals surface area contributed by atoms with Crippen LogP contribution in [0.15, 0.2) is 103 Å². The predicted molar refractivity (Wildman–Crippen MR) is 195 cm³/mol. The average Bonchev–Trinajstić information content (AvgIpc) is 3.14. The molecule has 0 spiro atoms. The van der Waals surface area contributed by atoms with E-state index < -0.39 is 12.2 Å². The molecule has 0 fully saturated rings. The summed E-state index contributed by atoms with van der Waals surface area (Å²) >= 11 is 0. The van der Waals surface area contributed by atoms with Gasteiger partial charge in [-0.25, -0.2) is 0 Å². The van der Waals surface area contributed by atoms with Crippen LogP contribution < -0.4 is 18.9 Å². The van der Waals surface area contributed by atoms with Crippen LogP contribution in [0.25, 0.3) is 21.5 Å². The van der Waals surface area contributed by atoms with Crippen LogP contribution in [0.2, 0.25) is 0 Å². The maximum atomic E-state index is 12.6. The number of benzene rings is 5. The van der Waals surface area contributed by atoms with Crippen LogP contribution in [-0.2, 0) is 25.5 Å². The van der Waals surface area contributed by atoms with Gasteiger partial charge in [-0.15, -0.1) is 0 Å². The van der Waals surface area contributed by atoms with Crippen molar-refractivity contribution < 1.29 is 38.0 Å². The number of aryl methyl sites for hydroxylation is 1. The third-order valence-corrected chi connectivity index (χ3v) is 8.09. The fourth-order valence-electron chi connectivity index (χ4n) is 5.57. The van der Waals surface area contributed by atoms with Gasteiger partial charge in [-0.2, -0.15) is 0 Å². The molecule has 2 atom stereocenters. The molecule has 8 nitrogen and oxygen atoms in total. The van der Waals surface area contributed by atoms with Gasteiger partial charge in [-0.1, -0.05) is 93.6 Å². The molecule has 0 N–H and O–H groups in total. The summed E-state index contributed by atoms with van der Waals surface area (Å²) in [7, 11) is 0. The predicted octanol–water partition coefficient (Wildman–Crippen LogP) is 8.89. The smallest absolute Gasteiger partial charge is 0.306 e. The van der Waals surface area contributed by atoms with Crippen molar-refractivity contribution in [1.82, 2.24) is 0 Å². The Hall–Kier alpha value is -5.24. The molecule has 0 aliphatic rings.